The minimum atomic E-state index is -4.03. The lowest BCUT2D eigenvalue weighted by Crippen LogP contribution is -2.31. The average molecular weight is 385 g/mol. The number of rotatable bonds is 5. The van der Waals surface area contributed by atoms with E-state index in [9.17, 15) is 17.2 Å². The lowest BCUT2D eigenvalue weighted by molar-refractivity contribution is 0.0631. The number of hydrogen-bond acceptors (Lipinski definition) is 4. The van der Waals surface area contributed by atoms with E-state index < -0.39 is 21.7 Å². The van der Waals surface area contributed by atoms with Crippen LogP contribution in [0.3, 0.4) is 0 Å². The molecule has 0 aliphatic carbocycles. The Morgan fingerprint density at radius 2 is 1.88 bits per heavy atom. The zero-order valence-electron chi connectivity index (χ0n) is 14.7. The molecule has 0 unspecified atom stereocenters. The van der Waals surface area contributed by atoms with Gasteiger partial charge in [0, 0.05) is 19.2 Å². The Labute approximate surface area is 151 Å². The zero-order chi connectivity index (χ0) is 18.9. The molecule has 0 amide bonds. The number of hydrogen-bond donors (Lipinski definition) is 0. The SMILES string of the molecule is CC(C)OCc1ncn2c1CN(S(=O)(=O)c1cc(F)cc(F)c1)CCC2. The highest BCUT2D eigenvalue weighted by atomic mass is 32.2. The van der Waals surface area contributed by atoms with Gasteiger partial charge in [0.25, 0.3) is 0 Å². The van der Waals surface area contributed by atoms with Crippen molar-refractivity contribution >= 4 is 10.0 Å². The molecule has 2 heterocycles. The highest BCUT2D eigenvalue weighted by Crippen LogP contribution is 2.24. The molecule has 142 valence electrons. The van der Waals surface area contributed by atoms with Gasteiger partial charge < -0.3 is 9.30 Å². The Kier molecular flexibility index (Phi) is 5.40. The standard InChI is InChI=1S/C17H21F2N3O3S/c1-12(2)25-10-16-17-9-22(5-3-4-21(17)11-20-16)26(23,24)15-7-13(18)6-14(19)8-15/h6-8,11-12H,3-5,9-10H2,1-2H3. The van der Waals surface area contributed by atoms with Gasteiger partial charge in [-0.1, -0.05) is 0 Å². The molecule has 1 aromatic carbocycles. The van der Waals surface area contributed by atoms with Gasteiger partial charge in [-0.3, -0.25) is 0 Å². The Balaban J connectivity index is 1.91. The van der Waals surface area contributed by atoms with Crippen LogP contribution in [0, 0.1) is 11.6 Å². The fourth-order valence-corrected chi connectivity index (χ4v) is 4.37. The molecule has 26 heavy (non-hydrogen) atoms. The van der Waals surface area contributed by atoms with Gasteiger partial charge in [-0.25, -0.2) is 22.2 Å². The molecule has 0 saturated carbocycles. The summed E-state index contributed by atoms with van der Waals surface area (Å²) >= 11 is 0. The molecule has 0 spiro atoms. The van der Waals surface area contributed by atoms with Crippen LogP contribution in [0.15, 0.2) is 29.4 Å². The lowest BCUT2D eigenvalue weighted by Gasteiger charge is -2.20. The van der Waals surface area contributed by atoms with Crippen LogP contribution in [0.4, 0.5) is 8.78 Å². The molecule has 3 rings (SSSR count). The Bertz CT molecular complexity index is 876. The summed E-state index contributed by atoms with van der Waals surface area (Å²) in [6.07, 6.45) is 2.27. The first kappa shape index (κ1) is 18.9. The van der Waals surface area contributed by atoms with E-state index >= 15 is 0 Å². The van der Waals surface area contributed by atoms with Crippen LogP contribution in [0.5, 0.6) is 0 Å². The summed E-state index contributed by atoms with van der Waals surface area (Å²) in [6, 6.07) is 2.32. The second-order valence-electron chi connectivity index (χ2n) is 6.49. The molecule has 0 fully saturated rings. The van der Waals surface area contributed by atoms with Crippen LogP contribution in [-0.2, 0) is 34.5 Å². The second kappa shape index (κ2) is 7.42. The number of ether oxygens (including phenoxy) is 1. The number of benzene rings is 1. The Morgan fingerprint density at radius 3 is 2.54 bits per heavy atom. The van der Waals surface area contributed by atoms with Gasteiger partial charge in [0.1, 0.15) is 11.6 Å². The molecular formula is C17H21F2N3O3S. The van der Waals surface area contributed by atoms with Gasteiger partial charge in [-0.15, -0.1) is 0 Å². The van der Waals surface area contributed by atoms with Crippen molar-refractivity contribution in [1.29, 1.82) is 0 Å². The molecule has 1 aromatic heterocycles. The Hall–Kier alpha value is -1.84. The normalized spacial score (nSPS) is 15.9. The summed E-state index contributed by atoms with van der Waals surface area (Å²) < 4.78 is 61.5. The summed E-state index contributed by atoms with van der Waals surface area (Å²) in [4.78, 5) is 3.94. The quantitative estimate of drug-likeness (QED) is 0.794. The van der Waals surface area contributed by atoms with Crippen molar-refractivity contribution in [2.45, 2.75) is 51.0 Å². The van der Waals surface area contributed by atoms with Crippen LogP contribution < -0.4 is 0 Å². The summed E-state index contributed by atoms with van der Waals surface area (Å²) in [5.74, 6) is -1.84. The maximum absolute atomic E-state index is 13.5. The fourth-order valence-electron chi connectivity index (χ4n) is 2.89. The van der Waals surface area contributed by atoms with Crippen molar-refractivity contribution in [1.82, 2.24) is 13.9 Å². The minimum Gasteiger partial charge on any atom is -0.372 e. The molecule has 0 saturated heterocycles. The van der Waals surface area contributed by atoms with Crippen molar-refractivity contribution in [3.05, 3.63) is 47.5 Å². The first-order valence-corrected chi connectivity index (χ1v) is 9.82. The number of aryl methyl sites for hydroxylation is 1. The van der Waals surface area contributed by atoms with Crippen LogP contribution in [0.1, 0.15) is 31.7 Å². The van der Waals surface area contributed by atoms with E-state index in [1.165, 1.54) is 4.31 Å². The van der Waals surface area contributed by atoms with Gasteiger partial charge in [-0.2, -0.15) is 4.31 Å². The molecule has 1 aliphatic rings. The van der Waals surface area contributed by atoms with Crippen molar-refractivity contribution < 1.29 is 21.9 Å². The number of fused-ring (bicyclic) bond motifs is 1. The number of nitrogens with zero attached hydrogens (tertiary/aromatic N) is 3. The van der Waals surface area contributed by atoms with E-state index in [1.54, 1.807) is 6.33 Å². The second-order valence-corrected chi connectivity index (χ2v) is 8.43. The van der Waals surface area contributed by atoms with Gasteiger partial charge in [-0.05, 0) is 32.4 Å². The van der Waals surface area contributed by atoms with Gasteiger partial charge >= 0.3 is 0 Å². The van der Waals surface area contributed by atoms with Crippen LogP contribution >= 0.6 is 0 Å². The maximum Gasteiger partial charge on any atom is 0.243 e. The molecule has 2 aromatic rings. The predicted molar refractivity (Wildman–Crippen MR) is 90.7 cm³/mol. The van der Waals surface area contributed by atoms with E-state index in [-0.39, 0.29) is 30.7 Å². The topological polar surface area (TPSA) is 64.4 Å². The maximum atomic E-state index is 13.5. The van der Waals surface area contributed by atoms with Crippen molar-refractivity contribution in [2.24, 2.45) is 0 Å². The summed E-state index contributed by atoms with van der Waals surface area (Å²) in [6.45, 7) is 5.05. The Morgan fingerprint density at radius 1 is 1.19 bits per heavy atom. The molecule has 0 bridgehead atoms. The molecular weight excluding hydrogens is 364 g/mol. The monoisotopic (exact) mass is 385 g/mol. The number of aromatic nitrogens is 2. The van der Waals surface area contributed by atoms with Crippen LogP contribution in [-0.4, -0.2) is 34.9 Å². The van der Waals surface area contributed by atoms with Crippen molar-refractivity contribution in [2.75, 3.05) is 6.54 Å². The highest BCUT2D eigenvalue weighted by molar-refractivity contribution is 7.89. The van der Waals surface area contributed by atoms with E-state index in [0.29, 0.717) is 24.7 Å². The van der Waals surface area contributed by atoms with Crippen molar-refractivity contribution in [3.8, 4) is 0 Å². The molecule has 0 atom stereocenters. The number of imidazole rings is 1. The third-order valence-corrected chi connectivity index (χ3v) is 6.02. The van der Waals surface area contributed by atoms with Gasteiger partial charge in [0.05, 0.1) is 41.9 Å². The third-order valence-electron chi connectivity index (χ3n) is 4.19. The fraction of sp³-hybridized carbons (Fsp3) is 0.471. The minimum absolute atomic E-state index is 0.0215. The number of halogens is 2. The largest absolute Gasteiger partial charge is 0.372 e. The third kappa shape index (κ3) is 3.94. The molecule has 6 nitrogen and oxygen atoms in total. The van der Waals surface area contributed by atoms with E-state index in [1.807, 2.05) is 18.4 Å². The predicted octanol–water partition coefficient (Wildman–Crippen LogP) is 2.68. The molecule has 1 aliphatic heterocycles. The first-order chi connectivity index (χ1) is 12.3. The highest BCUT2D eigenvalue weighted by Gasteiger charge is 2.29. The molecule has 9 heteroatoms. The molecule has 0 radical (unpaired) electrons. The summed E-state index contributed by atoms with van der Waals surface area (Å²) in [7, 11) is -4.03. The van der Waals surface area contributed by atoms with Crippen LogP contribution in [0.2, 0.25) is 0 Å². The average Bonchev–Trinajstić information content (AvgIpc) is 2.79. The zero-order valence-corrected chi connectivity index (χ0v) is 15.5. The molecule has 0 N–H and O–H groups in total. The van der Waals surface area contributed by atoms with Gasteiger partial charge in [0.15, 0.2) is 0 Å². The van der Waals surface area contributed by atoms with E-state index in [0.717, 1.165) is 17.8 Å². The lowest BCUT2D eigenvalue weighted by atomic mass is 10.3. The first-order valence-electron chi connectivity index (χ1n) is 8.38. The van der Waals surface area contributed by atoms with Crippen LogP contribution in [0.25, 0.3) is 0 Å². The number of sulfonamides is 1. The smallest absolute Gasteiger partial charge is 0.243 e. The summed E-state index contributed by atoms with van der Waals surface area (Å²) in [5, 5.41) is 0. The summed E-state index contributed by atoms with van der Waals surface area (Å²) in [5.41, 5.74) is 1.41. The van der Waals surface area contributed by atoms with E-state index in [4.69, 9.17) is 4.74 Å². The van der Waals surface area contributed by atoms with Crippen molar-refractivity contribution in [3.63, 3.8) is 0 Å². The van der Waals surface area contributed by atoms with E-state index in [2.05, 4.69) is 4.98 Å². The van der Waals surface area contributed by atoms with Gasteiger partial charge in [0.2, 0.25) is 10.0 Å².